The van der Waals surface area contributed by atoms with E-state index < -0.39 is 31.9 Å². The zero-order valence-electron chi connectivity index (χ0n) is 19.8. The van der Waals surface area contributed by atoms with Crippen LogP contribution in [0.3, 0.4) is 0 Å². The van der Waals surface area contributed by atoms with Crippen LogP contribution in [-0.4, -0.2) is 35.7 Å². The van der Waals surface area contributed by atoms with Crippen LogP contribution in [0.4, 0.5) is 0 Å². The molecule has 0 bridgehead atoms. The van der Waals surface area contributed by atoms with Gasteiger partial charge in [-0.2, -0.15) is 0 Å². The number of aromatic nitrogens is 2. The molecule has 0 aliphatic carbocycles. The van der Waals surface area contributed by atoms with Gasteiger partial charge in [0, 0.05) is 17.8 Å². The number of rotatable bonds is 6. The maximum absolute atomic E-state index is 12.5. The Morgan fingerprint density at radius 1 is 1.03 bits per heavy atom. The monoisotopic (exact) mass is 478 g/mol. The van der Waals surface area contributed by atoms with Crippen LogP contribution in [0, 0.1) is 6.92 Å². The number of ether oxygens (including phenoxy) is 1. The first-order valence-corrected chi connectivity index (χ1v) is 13.2. The molecule has 1 aliphatic rings. The first-order chi connectivity index (χ1) is 16.2. The molecule has 0 amide bonds. The lowest BCUT2D eigenvalue weighted by Crippen LogP contribution is -2.66. The Morgan fingerprint density at radius 2 is 1.59 bits per heavy atom. The average Bonchev–Trinajstić information content (AvgIpc) is 3.22. The molecule has 2 heterocycles. The Kier molecular flexibility index (Phi) is 6.48. The third-order valence-corrected chi connectivity index (χ3v) is 11.1. The highest BCUT2D eigenvalue weighted by molar-refractivity contribution is 6.99. The van der Waals surface area contributed by atoms with Crippen LogP contribution in [0.1, 0.15) is 32.6 Å². The normalized spacial score (nSPS) is 18.6. The Bertz CT molecular complexity index is 1250. The quantitative estimate of drug-likeness (QED) is 0.530. The lowest BCUT2D eigenvalue weighted by atomic mass is 10.2. The highest BCUT2D eigenvalue weighted by atomic mass is 28.4. The van der Waals surface area contributed by atoms with Crippen molar-refractivity contribution in [3.8, 4) is 0 Å². The summed E-state index contributed by atoms with van der Waals surface area (Å²) in [6.45, 7) is 7.80. The van der Waals surface area contributed by atoms with Crippen molar-refractivity contribution in [2.45, 2.75) is 45.1 Å². The second kappa shape index (κ2) is 9.21. The molecular weight excluding hydrogens is 448 g/mol. The minimum atomic E-state index is -2.94. The van der Waals surface area contributed by atoms with E-state index in [9.17, 15) is 14.7 Å². The summed E-state index contributed by atoms with van der Waals surface area (Å²) in [5.41, 5.74) is -0.635. The number of aliphatic hydroxyl groups excluding tert-OH is 1. The molecular formula is C26H30N2O5Si. The molecule has 0 fully saturated rings. The van der Waals surface area contributed by atoms with Crippen LogP contribution in [0.25, 0.3) is 0 Å². The summed E-state index contributed by atoms with van der Waals surface area (Å²) in [4.78, 5) is 26.6. The molecule has 0 unspecified atom stereocenters. The van der Waals surface area contributed by atoms with Gasteiger partial charge in [0.1, 0.15) is 11.9 Å². The lowest BCUT2D eigenvalue weighted by Gasteiger charge is -2.43. The largest absolute Gasteiger partial charge is 0.535 e. The van der Waals surface area contributed by atoms with Crippen molar-refractivity contribution in [2.24, 2.45) is 0 Å². The molecule has 1 aliphatic heterocycles. The van der Waals surface area contributed by atoms with Crippen molar-refractivity contribution in [3.05, 3.63) is 105 Å². The van der Waals surface area contributed by atoms with Gasteiger partial charge in [0.05, 0.1) is 6.61 Å². The molecule has 2 N–H and O–H groups in total. The Labute approximate surface area is 199 Å². The summed E-state index contributed by atoms with van der Waals surface area (Å²) >= 11 is 0. The van der Waals surface area contributed by atoms with E-state index in [4.69, 9.17) is 9.16 Å². The van der Waals surface area contributed by atoms with Gasteiger partial charge in [0.2, 0.25) is 0 Å². The maximum Gasteiger partial charge on any atom is 0.330 e. The molecule has 0 saturated heterocycles. The van der Waals surface area contributed by atoms with Gasteiger partial charge < -0.3 is 14.3 Å². The maximum atomic E-state index is 12.5. The summed E-state index contributed by atoms with van der Waals surface area (Å²) < 4.78 is 14.3. The summed E-state index contributed by atoms with van der Waals surface area (Å²) in [5.74, 6) is 0.484. The number of hydrogen-bond acceptors (Lipinski definition) is 5. The number of H-pyrrole nitrogens is 1. The first-order valence-electron chi connectivity index (χ1n) is 11.3. The van der Waals surface area contributed by atoms with Gasteiger partial charge in [-0.15, -0.1) is 0 Å². The summed E-state index contributed by atoms with van der Waals surface area (Å²) in [5, 5.41) is 12.0. The smallest absolute Gasteiger partial charge is 0.330 e. The molecule has 2 atom stereocenters. The van der Waals surface area contributed by atoms with Gasteiger partial charge in [-0.1, -0.05) is 81.4 Å². The van der Waals surface area contributed by atoms with Crippen molar-refractivity contribution < 1.29 is 14.3 Å². The summed E-state index contributed by atoms with van der Waals surface area (Å²) in [6, 6.07) is 20.3. The van der Waals surface area contributed by atoms with E-state index in [1.54, 1.807) is 13.0 Å². The highest BCUT2D eigenvalue weighted by Gasteiger charge is 2.53. The fourth-order valence-corrected chi connectivity index (χ4v) is 8.99. The Morgan fingerprint density at radius 3 is 2.09 bits per heavy atom. The Balaban J connectivity index is 1.87. The van der Waals surface area contributed by atoms with E-state index >= 15 is 0 Å². The fraction of sp³-hybridized carbons (Fsp3) is 0.308. The number of hydrogen-bond donors (Lipinski definition) is 2. The van der Waals surface area contributed by atoms with Gasteiger partial charge in [-0.3, -0.25) is 14.3 Å². The number of aromatic amines is 1. The molecule has 8 heteroatoms. The lowest BCUT2D eigenvalue weighted by molar-refractivity contribution is -0.0240. The highest BCUT2D eigenvalue weighted by Crippen LogP contribution is 2.40. The topological polar surface area (TPSA) is 93.6 Å². The van der Waals surface area contributed by atoms with E-state index in [1.807, 2.05) is 36.4 Å². The molecule has 34 heavy (non-hydrogen) atoms. The number of nitrogens with one attached hydrogen (secondary N) is 1. The van der Waals surface area contributed by atoms with Crippen LogP contribution in [0.2, 0.25) is 5.04 Å². The van der Waals surface area contributed by atoms with Crippen LogP contribution in [0.5, 0.6) is 0 Å². The van der Waals surface area contributed by atoms with E-state index in [0.717, 1.165) is 10.4 Å². The van der Waals surface area contributed by atoms with E-state index in [0.29, 0.717) is 11.3 Å². The Hall–Kier alpha value is -3.20. The molecule has 0 spiro atoms. The zero-order valence-corrected chi connectivity index (χ0v) is 20.8. The minimum Gasteiger partial charge on any atom is -0.535 e. The molecule has 4 rings (SSSR count). The van der Waals surface area contributed by atoms with E-state index in [2.05, 4.69) is 50.0 Å². The number of aliphatic hydroxyl groups is 1. The van der Waals surface area contributed by atoms with Crippen LogP contribution in [-0.2, 0) is 9.16 Å². The molecule has 1 aromatic heterocycles. The van der Waals surface area contributed by atoms with Crippen LogP contribution in [0.15, 0.2) is 88.3 Å². The van der Waals surface area contributed by atoms with Crippen LogP contribution < -0.4 is 21.6 Å². The van der Waals surface area contributed by atoms with Gasteiger partial charge in [0.25, 0.3) is 5.56 Å². The van der Waals surface area contributed by atoms with Gasteiger partial charge in [-0.25, -0.2) is 4.79 Å². The number of aryl methyl sites for hydroxylation is 1. The van der Waals surface area contributed by atoms with E-state index in [-0.39, 0.29) is 11.6 Å². The summed E-state index contributed by atoms with van der Waals surface area (Å²) in [6.07, 6.45) is 1.63. The molecule has 178 valence electrons. The molecule has 7 nitrogen and oxygen atoms in total. The van der Waals surface area contributed by atoms with Crippen molar-refractivity contribution in [1.82, 2.24) is 9.55 Å². The fourth-order valence-electron chi connectivity index (χ4n) is 4.50. The third-order valence-electron chi connectivity index (χ3n) is 6.20. The SMILES string of the molecule is Cc1cn([C@H]2C=C(O[Si](c3ccccc3)(c3ccccc3)C(C)(C)C)[C@@H](CO)O2)c(=O)[nH]c1=O. The number of benzene rings is 2. The average molecular weight is 479 g/mol. The van der Waals surface area contributed by atoms with Crippen molar-refractivity contribution in [3.63, 3.8) is 0 Å². The van der Waals surface area contributed by atoms with Crippen molar-refractivity contribution in [2.75, 3.05) is 6.61 Å². The molecule has 0 saturated carbocycles. The van der Waals surface area contributed by atoms with Gasteiger partial charge >= 0.3 is 14.0 Å². The standard InChI is InChI=1S/C26H30N2O5Si/c1-18-16-28(25(31)27-24(18)30)23-15-21(22(17-29)32-23)33-34(26(2,3)4,19-11-7-5-8-12-19)20-13-9-6-10-14-20/h5-16,22-23,29H,17H2,1-4H3,(H,27,30,31)/t22-,23-/m1/s1. The van der Waals surface area contributed by atoms with Gasteiger partial charge in [0.15, 0.2) is 6.23 Å². The molecule has 3 aromatic rings. The van der Waals surface area contributed by atoms with Crippen LogP contribution >= 0.6 is 0 Å². The first kappa shape index (κ1) is 23.9. The zero-order chi connectivity index (χ0) is 24.5. The number of nitrogens with zero attached hydrogens (tertiary/aromatic N) is 1. The second-order valence-electron chi connectivity index (χ2n) is 9.51. The van der Waals surface area contributed by atoms with Crippen molar-refractivity contribution in [1.29, 1.82) is 0 Å². The predicted molar refractivity (Wildman–Crippen MR) is 134 cm³/mol. The molecule has 2 aromatic carbocycles. The van der Waals surface area contributed by atoms with Crippen molar-refractivity contribution >= 4 is 18.7 Å². The van der Waals surface area contributed by atoms with E-state index in [1.165, 1.54) is 10.8 Å². The third kappa shape index (κ3) is 4.20. The predicted octanol–water partition coefficient (Wildman–Crippen LogP) is 2.20. The summed E-state index contributed by atoms with van der Waals surface area (Å²) in [7, 11) is -2.94. The van der Waals surface area contributed by atoms with Gasteiger partial charge in [-0.05, 0) is 22.3 Å². The second-order valence-corrected chi connectivity index (χ2v) is 13.7. The molecule has 0 radical (unpaired) electrons. The minimum absolute atomic E-state index is 0.278.